The smallest absolute Gasteiger partial charge is 0.193 e. The van der Waals surface area contributed by atoms with E-state index in [0.717, 1.165) is 31.9 Å². The molecule has 2 aromatic rings. The Labute approximate surface area is 171 Å². The van der Waals surface area contributed by atoms with Gasteiger partial charge in [0.25, 0.3) is 0 Å². The molecule has 1 atom stereocenters. The van der Waals surface area contributed by atoms with Crippen LogP contribution in [0, 0.1) is 0 Å². The third-order valence-electron chi connectivity index (χ3n) is 5.01. The molecule has 2 aromatic carbocycles. The van der Waals surface area contributed by atoms with Crippen LogP contribution in [0.5, 0.6) is 5.75 Å². The quantitative estimate of drug-likeness (QED) is 0.574. The Morgan fingerprint density at radius 1 is 1.18 bits per heavy atom. The van der Waals surface area contributed by atoms with Gasteiger partial charge in [0.1, 0.15) is 5.75 Å². The lowest BCUT2D eigenvalue weighted by molar-refractivity contribution is 0.201. The molecule has 1 aliphatic rings. The molecule has 150 valence electrons. The molecule has 1 fully saturated rings. The van der Waals surface area contributed by atoms with Gasteiger partial charge in [-0.25, -0.2) is 0 Å². The van der Waals surface area contributed by atoms with E-state index in [4.69, 9.17) is 22.1 Å². The van der Waals surface area contributed by atoms with Crippen molar-refractivity contribution in [2.24, 2.45) is 10.7 Å². The lowest BCUT2D eigenvalue weighted by atomic mass is 10.2. The van der Waals surface area contributed by atoms with Gasteiger partial charge < -0.3 is 20.7 Å². The van der Waals surface area contributed by atoms with Gasteiger partial charge in [-0.2, -0.15) is 0 Å². The highest BCUT2D eigenvalue weighted by Crippen LogP contribution is 2.27. The van der Waals surface area contributed by atoms with Gasteiger partial charge in [-0.05, 0) is 37.3 Å². The average molecular weight is 402 g/mol. The van der Waals surface area contributed by atoms with Gasteiger partial charge in [-0.3, -0.25) is 9.89 Å². The number of benzene rings is 2. The van der Waals surface area contributed by atoms with Crippen LogP contribution < -0.4 is 20.7 Å². The van der Waals surface area contributed by atoms with E-state index in [1.807, 2.05) is 6.07 Å². The number of rotatable bonds is 6. The van der Waals surface area contributed by atoms with Gasteiger partial charge in [0, 0.05) is 43.6 Å². The number of aliphatic imine (C=N–C) groups is 1. The van der Waals surface area contributed by atoms with E-state index in [-0.39, 0.29) is 0 Å². The fourth-order valence-electron chi connectivity index (χ4n) is 3.34. The van der Waals surface area contributed by atoms with E-state index < -0.39 is 0 Å². The van der Waals surface area contributed by atoms with Crippen molar-refractivity contribution in [3.63, 3.8) is 0 Å². The molecule has 0 amide bonds. The molecule has 1 heterocycles. The largest absolute Gasteiger partial charge is 0.495 e. The number of ether oxygens (including phenoxy) is 1. The zero-order valence-electron chi connectivity index (χ0n) is 16.4. The lowest BCUT2D eigenvalue weighted by Gasteiger charge is -2.38. The van der Waals surface area contributed by atoms with Gasteiger partial charge in [0.2, 0.25) is 0 Å². The number of guanidine groups is 1. The lowest BCUT2D eigenvalue weighted by Crippen LogP contribution is -2.50. The Morgan fingerprint density at radius 3 is 2.54 bits per heavy atom. The van der Waals surface area contributed by atoms with Crippen molar-refractivity contribution in [2.45, 2.75) is 13.0 Å². The maximum absolute atomic E-state index is 6.14. The fourth-order valence-corrected chi connectivity index (χ4v) is 3.59. The number of methoxy groups -OCH3 is 1. The van der Waals surface area contributed by atoms with Gasteiger partial charge in [0.05, 0.1) is 18.7 Å². The summed E-state index contributed by atoms with van der Waals surface area (Å²) in [6.45, 7) is 6.93. The molecule has 0 aliphatic carbocycles. The summed E-state index contributed by atoms with van der Waals surface area (Å²) in [5.41, 5.74) is 8.12. The number of nitrogens with zero attached hydrogens (tertiary/aromatic N) is 3. The van der Waals surface area contributed by atoms with Crippen molar-refractivity contribution in [2.75, 3.05) is 50.1 Å². The third-order valence-corrected chi connectivity index (χ3v) is 5.30. The summed E-state index contributed by atoms with van der Waals surface area (Å²) >= 11 is 6.14. The van der Waals surface area contributed by atoms with Crippen LogP contribution in [0.25, 0.3) is 0 Å². The first-order valence-electron chi connectivity index (χ1n) is 9.51. The Morgan fingerprint density at radius 2 is 1.89 bits per heavy atom. The van der Waals surface area contributed by atoms with Crippen LogP contribution in [0.3, 0.4) is 0 Å². The van der Waals surface area contributed by atoms with Crippen LogP contribution in [-0.4, -0.2) is 56.7 Å². The summed E-state index contributed by atoms with van der Waals surface area (Å²) in [6.07, 6.45) is 0. The minimum Gasteiger partial charge on any atom is -0.495 e. The number of halogens is 1. The number of nitrogens with two attached hydrogens (primary N) is 1. The molecule has 0 saturated carbocycles. The predicted molar refractivity (Wildman–Crippen MR) is 118 cm³/mol. The first kappa shape index (κ1) is 20.3. The van der Waals surface area contributed by atoms with E-state index in [0.29, 0.717) is 29.3 Å². The molecule has 0 radical (unpaired) electrons. The van der Waals surface area contributed by atoms with E-state index in [9.17, 15) is 0 Å². The number of anilines is 2. The van der Waals surface area contributed by atoms with E-state index in [2.05, 4.69) is 57.4 Å². The molecule has 6 nitrogen and oxygen atoms in total. The molecule has 1 unspecified atom stereocenters. The minimum atomic E-state index is 0.331. The van der Waals surface area contributed by atoms with E-state index in [1.54, 1.807) is 19.2 Å². The summed E-state index contributed by atoms with van der Waals surface area (Å²) in [6, 6.07) is 16.3. The molecular formula is C21H28ClN5O. The predicted octanol–water partition coefficient (Wildman–Crippen LogP) is 3.29. The molecule has 0 spiro atoms. The number of piperazine rings is 1. The van der Waals surface area contributed by atoms with Crippen molar-refractivity contribution in [3.8, 4) is 5.75 Å². The molecule has 3 N–H and O–H groups in total. The van der Waals surface area contributed by atoms with Gasteiger partial charge in [-0.1, -0.05) is 29.8 Å². The molecule has 0 aromatic heterocycles. The highest BCUT2D eigenvalue weighted by molar-refractivity contribution is 6.32. The number of nitrogens with one attached hydrogen (secondary N) is 1. The highest BCUT2D eigenvalue weighted by Gasteiger charge is 2.21. The molecule has 0 bridgehead atoms. The van der Waals surface area contributed by atoms with Gasteiger partial charge >= 0.3 is 0 Å². The third kappa shape index (κ3) is 5.30. The number of hydrogen-bond donors (Lipinski definition) is 2. The Hall–Kier alpha value is -2.44. The first-order chi connectivity index (χ1) is 13.6. The maximum atomic E-state index is 6.14. The van der Waals surface area contributed by atoms with Crippen LogP contribution in [0.1, 0.15) is 6.92 Å². The zero-order valence-corrected chi connectivity index (χ0v) is 17.2. The molecule has 1 saturated heterocycles. The van der Waals surface area contributed by atoms with Crippen LogP contribution in [-0.2, 0) is 0 Å². The second-order valence-corrected chi connectivity index (χ2v) is 7.32. The molecule has 28 heavy (non-hydrogen) atoms. The van der Waals surface area contributed by atoms with Crippen LogP contribution in [0.4, 0.5) is 11.4 Å². The van der Waals surface area contributed by atoms with Crippen LogP contribution >= 0.6 is 11.6 Å². The summed E-state index contributed by atoms with van der Waals surface area (Å²) in [5, 5.41) is 3.61. The van der Waals surface area contributed by atoms with Crippen LogP contribution in [0.15, 0.2) is 53.5 Å². The van der Waals surface area contributed by atoms with E-state index >= 15 is 0 Å². The van der Waals surface area contributed by atoms with Gasteiger partial charge in [0.15, 0.2) is 5.96 Å². The molecule has 1 aliphatic heterocycles. The molecular weight excluding hydrogens is 374 g/mol. The first-order valence-corrected chi connectivity index (χ1v) is 9.89. The van der Waals surface area contributed by atoms with Crippen molar-refractivity contribution in [1.82, 2.24) is 4.90 Å². The van der Waals surface area contributed by atoms with Crippen LogP contribution in [0.2, 0.25) is 5.02 Å². The second-order valence-electron chi connectivity index (χ2n) is 6.91. The monoisotopic (exact) mass is 401 g/mol. The Balaban J connectivity index is 1.48. The normalized spacial score (nSPS) is 16.7. The Kier molecular flexibility index (Phi) is 7.01. The molecule has 7 heteroatoms. The standard InChI is InChI=1S/C21H28ClN5O/c1-16(26-10-12-27(13-11-26)18-6-4-3-5-7-18)15-24-21(23)25-17-8-9-20(28-2)19(22)14-17/h3-9,14,16H,10-13,15H2,1-2H3,(H3,23,24,25). The topological polar surface area (TPSA) is 66.1 Å². The fraction of sp³-hybridized carbons (Fsp3) is 0.381. The van der Waals surface area contributed by atoms with Gasteiger partial charge in [-0.15, -0.1) is 0 Å². The number of hydrogen-bond acceptors (Lipinski definition) is 4. The summed E-state index contributed by atoms with van der Waals surface area (Å²) < 4.78 is 5.16. The summed E-state index contributed by atoms with van der Waals surface area (Å²) in [5.74, 6) is 1.02. The Bertz CT molecular complexity index is 791. The average Bonchev–Trinajstić information content (AvgIpc) is 2.73. The SMILES string of the molecule is COc1ccc(NC(N)=NCC(C)N2CCN(c3ccccc3)CC2)cc1Cl. The van der Waals surface area contributed by atoms with Crippen molar-refractivity contribution >= 4 is 28.9 Å². The van der Waals surface area contributed by atoms with Crippen molar-refractivity contribution < 1.29 is 4.74 Å². The highest BCUT2D eigenvalue weighted by atomic mass is 35.5. The summed E-state index contributed by atoms with van der Waals surface area (Å²) in [7, 11) is 1.59. The number of para-hydroxylation sites is 1. The van der Waals surface area contributed by atoms with E-state index in [1.165, 1.54) is 5.69 Å². The summed E-state index contributed by atoms with van der Waals surface area (Å²) in [4.78, 5) is 9.38. The minimum absolute atomic E-state index is 0.331. The maximum Gasteiger partial charge on any atom is 0.193 e. The zero-order chi connectivity index (χ0) is 19.9. The van der Waals surface area contributed by atoms with Crippen molar-refractivity contribution in [1.29, 1.82) is 0 Å². The molecule has 3 rings (SSSR count). The second kappa shape index (κ2) is 9.66. The van der Waals surface area contributed by atoms with Crippen molar-refractivity contribution in [3.05, 3.63) is 53.6 Å².